The quantitative estimate of drug-likeness (QED) is 0.474. The summed E-state index contributed by atoms with van der Waals surface area (Å²) in [5.41, 5.74) is 0. The molecule has 0 saturated carbocycles. The van der Waals surface area contributed by atoms with Gasteiger partial charge in [-0.25, -0.2) is 0 Å². The molecule has 0 bridgehead atoms. The van der Waals surface area contributed by atoms with Crippen molar-refractivity contribution in [3.63, 3.8) is 0 Å². The van der Waals surface area contributed by atoms with E-state index in [4.69, 9.17) is 4.89 Å². The predicted molar refractivity (Wildman–Crippen MR) is 30.5 cm³/mol. The van der Waals surface area contributed by atoms with Crippen LogP contribution < -0.4 is 0 Å². The van der Waals surface area contributed by atoms with Gasteiger partial charge in [0.15, 0.2) is 0 Å². The van der Waals surface area contributed by atoms with Crippen molar-refractivity contribution < 1.29 is 14.0 Å². The Kier molecular flexibility index (Phi) is 5.35. The van der Waals surface area contributed by atoms with Crippen LogP contribution in [-0.4, -0.2) is 28.4 Å². The van der Waals surface area contributed by atoms with Crippen LogP contribution in [0.1, 0.15) is 0 Å². The third-order valence-electron chi connectivity index (χ3n) is 0.343. The normalized spacial score (nSPS) is 14.0. The molecule has 0 rings (SSSR count). The predicted octanol–water partition coefficient (Wildman–Crippen LogP) is -0.564. The third-order valence-corrected chi connectivity index (χ3v) is 1.29. The van der Waals surface area contributed by atoms with Gasteiger partial charge in [0, 0.05) is 0 Å². The molecule has 0 aromatic carbocycles. The molecule has 0 aliphatic rings. The Morgan fingerprint density at radius 2 is 2.43 bits per heavy atom. The fourth-order valence-corrected chi connectivity index (χ4v) is 1.18. The fraction of sp³-hybridized carbons (Fsp3) is 1.00. The Morgan fingerprint density at radius 3 is 2.57 bits per heavy atom. The summed E-state index contributed by atoms with van der Waals surface area (Å²) < 4.78 is 14.0. The standard InChI is InChI=1S/C2H8AsO3P/c3-1-2-6-7(4)5/h7H,1-3H2,(H,4,5). The second-order valence-corrected chi connectivity index (χ2v) is 2.93. The molecule has 2 unspecified atom stereocenters. The molecular weight excluding hydrogens is 178 g/mol. The molecule has 0 heterocycles. The van der Waals surface area contributed by atoms with Crippen molar-refractivity contribution in [2.24, 2.45) is 0 Å². The van der Waals surface area contributed by atoms with E-state index >= 15 is 0 Å². The van der Waals surface area contributed by atoms with E-state index in [1.165, 1.54) is 16.9 Å². The van der Waals surface area contributed by atoms with Crippen LogP contribution in [0.2, 0.25) is 5.21 Å². The number of rotatable bonds is 3. The van der Waals surface area contributed by atoms with Crippen LogP contribution in [0.25, 0.3) is 0 Å². The maximum atomic E-state index is 9.73. The summed E-state index contributed by atoms with van der Waals surface area (Å²) >= 11 is 1.50. The van der Waals surface area contributed by atoms with Gasteiger partial charge in [-0.2, -0.15) is 0 Å². The van der Waals surface area contributed by atoms with E-state index < -0.39 is 8.25 Å². The van der Waals surface area contributed by atoms with E-state index in [-0.39, 0.29) is 0 Å². The van der Waals surface area contributed by atoms with Crippen LogP contribution in [0.15, 0.2) is 0 Å². The minimum absolute atomic E-state index is 0.411. The monoisotopic (exact) mass is 186 g/mol. The van der Waals surface area contributed by atoms with Crippen LogP contribution in [0.3, 0.4) is 0 Å². The number of hydrogen-bond donors (Lipinski definition) is 1. The molecule has 2 atom stereocenters. The molecule has 1 N–H and O–H groups in total. The van der Waals surface area contributed by atoms with Gasteiger partial charge in [-0.3, -0.25) is 0 Å². The summed E-state index contributed by atoms with van der Waals surface area (Å²) in [5, 5.41) is 0.851. The Labute approximate surface area is 51.5 Å². The van der Waals surface area contributed by atoms with Gasteiger partial charge in [-0.15, -0.1) is 0 Å². The van der Waals surface area contributed by atoms with Crippen molar-refractivity contribution in [1.29, 1.82) is 0 Å². The Morgan fingerprint density at radius 1 is 1.86 bits per heavy atom. The average Bonchev–Trinajstić information content (AvgIpc) is 1.61. The van der Waals surface area contributed by atoms with Gasteiger partial charge in [0.25, 0.3) is 0 Å². The molecule has 3 nitrogen and oxygen atoms in total. The molecule has 0 aromatic heterocycles. The van der Waals surface area contributed by atoms with Gasteiger partial charge in [-0.05, 0) is 0 Å². The zero-order valence-electron chi connectivity index (χ0n) is 3.76. The van der Waals surface area contributed by atoms with Crippen molar-refractivity contribution in [2.45, 2.75) is 5.21 Å². The van der Waals surface area contributed by atoms with Gasteiger partial charge >= 0.3 is 50.9 Å². The molecule has 0 spiro atoms. The van der Waals surface area contributed by atoms with Gasteiger partial charge < -0.3 is 0 Å². The fourth-order valence-electron chi connectivity index (χ4n) is 0.146. The maximum absolute atomic E-state index is 9.73. The molecule has 0 radical (unpaired) electrons. The first-order valence-electron chi connectivity index (χ1n) is 1.83. The zero-order valence-corrected chi connectivity index (χ0v) is 7.18. The van der Waals surface area contributed by atoms with E-state index in [1.54, 1.807) is 0 Å². The van der Waals surface area contributed by atoms with Crippen LogP contribution in [0.4, 0.5) is 0 Å². The SMILES string of the molecule is O=[PH](O)OCC[AsH2]. The Balaban J connectivity index is 2.82. The zero-order chi connectivity index (χ0) is 5.70. The molecule has 0 aliphatic heterocycles. The molecular formula is C2H8AsO3P. The van der Waals surface area contributed by atoms with Crippen LogP contribution in [-0.2, 0) is 9.09 Å². The second-order valence-electron chi connectivity index (χ2n) is 0.903. The first kappa shape index (κ1) is 7.71. The summed E-state index contributed by atoms with van der Waals surface area (Å²) in [6.07, 6.45) is 0. The minimum atomic E-state index is -2.64. The van der Waals surface area contributed by atoms with Crippen molar-refractivity contribution in [2.75, 3.05) is 6.61 Å². The van der Waals surface area contributed by atoms with Gasteiger partial charge in [0.05, 0.1) is 0 Å². The van der Waals surface area contributed by atoms with E-state index in [1.807, 2.05) is 0 Å². The van der Waals surface area contributed by atoms with Crippen molar-refractivity contribution >= 4 is 25.1 Å². The molecule has 0 aliphatic carbocycles. The number of hydrogen-bond acceptors (Lipinski definition) is 2. The van der Waals surface area contributed by atoms with Crippen LogP contribution in [0, 0.1) is 0 Å². The first-order chi connectivity index (χ1) is 3.27. The Bertz CT molecular complexity index is 66.0. The van der Waals surface area contributed by atoms with E-state index in [0.29, 0.717) is 6.61 Å². The molecule has 44 valence electrons. The van der Waals surface area contributed by atoms with E-state index in [9.17, 15) is 4.57 Å². The van der Waals surface area contributed by atoms with Crippen LogP contribution in [0.5, 0.6) is 0 Å². The summed E-state index contributed by atoms with van der Waals surface area (Å²) in [4.78, 5) is 8.01. The summed E-state index contributed by atoms with van der Waals surface area (Å²) in [7, 11) is -2.64. The van der Waals surface area contributed by atoms with E-state index in [2.05, 4.69) is 4.52 Å². The summed E-state index contributed by atoms with van der Waals surface area (Å²) in [6.45, 7) is 0.411. The van der Waals surface area contributed by atoms with Gasteiger partial charge in [0.2, 0.25) is 0 Å². The van der Waals surface area contributed by atoms with Crippen LogP contribution >= 0.6 is 8.25 Å². The molecule has 0 amide bonds. The van der Waals surface area contributed by atoms with Crippen molar-refractivity contribution in [1.82, 2.24) is 0 Å². The summed E-state index contributed by atoms with van der Waals surface area (Å²) in [6, 6.07) is 0. The second kappa shape index (κ2) is 4.86. The van der Waals surface area contributed by atoms with Crippen molar-refractivity contribution in [3.8, 4) is 0 Å². The first-order valence-corrected chi connectivity index (χ1v) is 4.81. The van der Waals surface area contributed by atoms with E-state index in [0.717, 1.165) is 5.21 Å². The Hall–Kier alpha value is 0.708. The van der Waals surface area contributed by atoms with Gasteiger partial charge in [-0.1, -0.05) is 0 Å². The molecule has 5 heteroatoms. The molecule has 7 heavy (non-hydrogen) atoms. The van der Waals surface area contributed by atoms with Gasteiger partial charge in [0.1, 0.15) is 0 Å². The molecule has 0 aromatic rings. The molecule has 0 fully saturated rings. The third kappa shape index (κ3) is 6.71. The van der Waals surface area contributed by atoms with Crippen molar-refractivity contribution in [3.05, 3.63) is 0 Å². The average molecular weight is 186 g/mol. The molecule has 0 saturated heterocycles. The topological polar surface area (TPSA) is 46.5 Å². The summed E-state index contributed by atoms with van der Waals surface area (Å²) in [5.74, 6) is 0.